The van der Waals surface area contributed by atoms with Gasteiger partial charge in [0.1, 0.15) is 5.60 Å². The molecule has 1 aromatic carbocycles. The first-order valence-electron chi connectivity index (χ1n) is 7.50. The molecule has 0 aliphatic heterocycles. The molecule has 116 valence electrons. The second-order valence-corrected chi connectivity index (χ2v) is 6.38. The van der Waals surface area contributed by atoms with Gasteiger partial charge in [0.2, 0.25) is 0 Å². The van der Waals surface area contributed by atoms with Crippen LogP contribution in [-0.4, -0.2) is 23.7 Å². The van der Waals surface area contributed by atoms with Gasteiger partial charge in [-0.2, -0.15) is 0 Å². The van der Waals surface area contributed by atoms with Crippen molar-refractivity contribution in [3.8, 4) is 0 Å². The molecule has 1 fully saturated rings. The number of rotatable bonds is 4. The van der Waals surface area contributed by atoms with E-state index < -0.39 is 5.60 Å². The lowest BCUT2D eigenvalue weighted by atomic mass is 9.95. The van der Waals surface area contributed by atoms with Crippen molar-refractivity contribution in [1.82, 2.24) is 10.6 Å². The number of hydrogen-bond acceptors (Lipinski definition) is 2. The minimum atomic E-state index is -1.12. The highest BCUT2D eigenvalue weighted by Gasteiger charge is 2.24. The van der Waals surface area contributed by atoms with Crippen LogP contribution < -0.4 is 10.6 Å². The van der Waals surface area contributed by atoms with E-state index in [2.05, 4.69) is 10.6 Å². The van der Waals surface area contributed by atoms with Gasteiger partial charge in [-0.3, -0.25) is 0 Å². The van der Waals surface area contributed by atoms with E-state index >= 15 is 0 Å². The van der Waals surface area contributed by atoms with E-state index in [4.69, 9.17) is 11.6 Å². The van der Waals surface area contributed by atoms with Gasteiger partial charge in [-0.1, -0.05) is 43.0 Å². The van der Waals surface area contributed by atoms with Crippen LogP contribution in [-0.2, 0) is 5.60 Å². The zero-order valence-electron chi connectivity index (χ0n) is 12.4. The molecule has 3 N–H and O–H groups in total. The lowest BCUT2D eigenvalue weighted by molar-refractivity contribution is 0.0592. The molecule has 1 aliphatic rings. The lowest BCUT2D eigenvalue weighted by Gasteiger charge is -2.26. The van der Waals surface area contributed by atoms with Crippen molar-refractivity contribution in [1.29, 1.82) is 0 Å². The van der Waals surface area contributed by atoms with Crippen LogP contribution in [0.2, 0.25) is 5.02 Å². The molecule has 1 aliphatic carbocycles. The average molecular weight is 311 g/mol. The number of amides is 2. The van der Waals surface area contributed by atoms with Gasteiger partial charge in [0.05, 0.1) is 6.54 Å². The van der Waals surface area contributed by atoms with Gasteiger partial charge in [-0.05, 0) is 37.5 Å². The molecule has 1 saturated carbocycles. The van der Waals surface area contributed by atoms with Gasteiger partial charge in [0, 0.05) is 11.1 Å². The van der Waals surface area contributed by atoms with E-state index in [1.807, 2.05) is 0 Å². The maximum absolute atomic E-state index is 11.9. The van der Waals surface area contributed by atoms with Crippen LogP contribution in [0.25, 0.3) is 0 Å². The van der Waals surface area contributed by atoms with Crippen LogP contribution >= 0.6 is 11.6 Å². The SMILES string of the molecule is CC(O)(CNC(=O)NC1CCCCC1)c1ccc(Cl)cc1. The van der Waals surface area contributed by atoms with E-state index in [1.54, 1.807) is 31.2 Å². The van der Waals surface area contributed by atoms with Gasteiger partial charge in [-0.25, -0.2) is 4.79 Å². The Morgan fingerprint density at radius 1 is 1.29 bits per heavy atom. The van der Waals surface area contributed by atoms with Crippen molar-refractivity contribution in [2.45, 2.75) is 50.7 Å². The highest BCUT2D eigenvalue weighted by atomic mass is 35.5. The van der Waals surface area contributed by atoms with E-state index in [9.17, 15) is 9.90 Å². The summed E-state index contributed by atoms with van der Waals surface area (Å²) >= 11 is 5.84. The van der Waals surface area contributed by atoms with Gasteiger partial charge in [0.25, 0.3) is 0 Å². The summed E-state index contributed by atoms with van der Waals surface area (Å²) in [5, 5.41) is 16.8. The Kier molecular flexibility index (Phi) is 5.48. The molecule has 0 heterocycles. The number of hydrogen-bond donors (Lipinski definition) is 3. The fourth-order valence-electron chi connectivity index (χ4n) is 2.65. The van der Waals surface area contributed by atoms with E-state index in [-0.39, 0.29) is 18.6 Å². The Balaban J connectivity index is 1.82. The number of halogens is 1. The third-order valence-electron chi connectivity index (χ3n) is 4.00. The summed E-state index contributed by atoms with van der Waals surface area (Å²) in [5.41, 5.74) is -0.390. The Labute approximate surface area is 130 Å². The second-order valence-electron chi connectivity index (χ2n) is 5.94. The van der Waals surface area contributed by atoms with Gasteiger partial charge in [-0.15, -0.1) is 0 Å². The zero-order valence-corrected chi connectivity index (χ0v) is 13.1. The summed E-state index contributed by atoms with van der Waals surface area (Å²) in [5.74, 6) is 0. The largest absolute Gasteiger partial charge is 0.384 e. The Morgan fingerprint density at radius 3 is 2.52 bits per heavy atom. The molecule has 1 atom stereocenters. The number of carbonyl (C=O) groups is 1. The fourth-order valence-corrected chi connectivity index (χ4v) is 2.77. The molecule has 0 saturated heterocycles. The van der Waals surface area contributed by atoms with E-state index in [1.165, 1.54) is 19.3 Å². The summed E-state index contributed by atoms with van der Waals surface area (Å²) < 4.78 is 0. The van der Waals surface area contributed by atoms with Gasteiger partial charge >= 0.3 is 6.03 Å². The lowest BCUT2D eigenvalue weighted by Crippen LogP contribution is -2.47. The summed E-state index contributed by atoms with van der Waals surface area (Å²) in [4.78, 5) is 11.9. The second kappa shape index (κ2) is 7.14. The molecule has 1 aromatic rings. The Hall–Kier alpha value is -1.26. The summed E-state index contributed by atoms with van der Waals surface area (Å²) in [7, 11) is 0. The topological polar surface area (TPSA) is 61.4 Å². The molecule has 0 radical (unpaired) electrons. The summed E-state index contributed by atoms with van der Waals surface area (Å²) in [6.07, 6.45) is 5.69. The first-order valence-corrected chi connectivity index (χ1v) is 7.88. The van der Waals surface area contributed by atoms with Crippen LogP contribution in [0.1, 0.15) is 44.6 Å². The van der Waals surface area contributed by atoms with Crippen LogP contribution in [0.4, 0.5) is 4.79 Å². The number of carbonyl (C=O) groups excluding carboxylic acids is 1. The molecule has 0 bridgehead atoms. The predicted octanol–water partition coefficient (Wildman–Crippen LogP) is 3.18. The highest BCUT2D eigenvalue weighted by Crippen LogP contribution is 2.22. The smallest absolute Gasteiger partial charge is 0.315 e. The van der Waals surface area contributed by atoms with Crippen molar-refractivity contribution in [3.05, 3.63) is 34.9 Å². The highest BCUT2D eigenvalue weighted by molar-refractivity contribution is 6.30. The monoisotopic (exact) mass is 310 g/mol. The van der Waals surface area contributed by atoms with Crippen molar-refractivity contribution < 1.29 is 9.90 Å². The molecule has 2 rings (SSSR count). The minimum absolute atomic E-state index is 0.160. The number of benzene rings is 1. The average Bonchev–Trinajstić information content (AvgIpc) is 2.47. The van der Waals surface area contributed by atoms with Crippen LogP contribution in [0.15, 0.2) is 24.3 Å². The number of urea groups is 1. The van der Waals surface area contributed by atoms with Gasteiger partial charge < -0.3 is 15.7 Å². The van der Waals surface area contributed by atoms with Crippen molar-refractivity contribution in [2.24, 2.45) is 0 Å². The van der Waals surface area contributed by atoms with Crippen molar-refractivity contribution in [3.63, 3.8) is 0 Å². The quantitative estimate of drug-likeness (QED) is 0.800. The summed E-state index contributed by atoms with van der Waals surface area (Å²) in [6.45, 7) is 1.84. The number of aliphatic hydroxyl groups is 1. The molecular weight excluding hydrogens is 288 g/mol. The Bertz CT molecular complexity index is 468. The molecule has 0 aromatic heterocycles. The molecule has 4 nitrogen and oxygen atoms in total. The number of nitrogens with one attached hydrogen (secondary N) is 2. The molecule has 1 unspecified atom stereocenters. The normalized spacial score (nSPS) is 18.8. The molecular formula is C16H23ClN2O2. The summed E-state index contributed by atoms with van der Waals surface area (Å²) in [6, 6.07) is 7.04. The first-order chi connectivity index (χ1) is 9.97. The van der Waals surface area contributed by atoms with Crippen molar-refractivity contribution in [2.75, 3.05) is 6.54 Å². The van der Waals surface area contributed by atoms with Crippen LogP contribution in [0.5, 0.6) is 0 Å². The molecule has 2 amide bonds. The molecule has 0 spiro atoms. The Morgan fingerprint density at radius 2 is 1.90 bits per heavy atom. The van der Waals surface area contributed by atoms with Crippen LogP contribution in [0, 0.1) is 0 Å². The third-order valence-corrected chi connectivity index (χ3v) is 4.25. The van der Waals surface area contributed by atoms with E-state index in [0.29, 0.717) is 5.02 Å². The van der Waals surface area contributed by atoms with Crippen LogP contribution in [0.3, 0.4) is 0 Å². The molecule has 5 heteroatoms. The zero-order chi connectivity index (χ0) is 15.3. The van der Waals surface area contributed by atoms with Crippen molar-refractivity contribution >= 4 is 17.6 Å². The predicted molar refractivity (Wildman–Crippen MR) is 84.4 cm³/mol. The van der Waals surface area contributed by atoms with Gasteiger partial charge in [0.15, 0.2) is 0 Å². The fraction of sp³-hybridized carbons (Fsp3) is 0.562. The maximum Gasteiger partial charge on any atom is 0.315 e. The van der Waals surface area contributed by atoms with E-state index in [0.717, 1.165) is 18.4 Å². The maximum atomic E-state index is 11.9. The third kappa shape index (κ3) is 4.90. The molecule has 21 heavy (non-hydrogen) atoms. The minimum Gasteiger partial charge on any atom is -0.384 e. The standard InChI is InChI=1S/C16H23ClN2O2/c1-16(21,12-7-9-13(17)10-8-12)11-18-15(20)19-14-5-3-2-4-6-14/h7-10,14,21H,2-6,11H2,1H3,(H2,18,19,20). The first kappa shape index (κ1) is 16.1.